The second-order valence-electron chi connectivity index (χ2n) is 5.22. The number of hydrogen-bond acceptors (Lipinski definition) is 6. The van der Waals surface area contributed by atoms with E-state index in [1.807, 2.05) is 0 Å². The van der Waals surface area contributed by atoms with Gasteiger partial charge in [0.25, 0.3) is 0 Å². The summed E-state index contributed by atoms with van der Waals surface area (Å²) in [4.78, 5) is 22.9. The van der Waals surface area contributed by atoms with Crippen molar-refractivity contribution in [3.63, 3.8) is 0 Å². The fourth-order valence-electron chi connectivity index (χ4n) is 2.53. The highest BCUT2D eigenvalue weighted by Gasteiger charge is 2.35. The van der Waals surface area contributed by atoms with Gasteiger partial charge in [-0.1, -0.05) is 0 Å². The summed E-state index contributed by atoms with van der Waals surface area (Å²) in [6.07, 6.45) is 3.71. The minimum atomic E-state index is -1.17. The molecule has 3 heterocycles. The summed E-state index contributed by atoms with van der Waals surface area (Å²) in [5.74, 6) is -0.189. The molecule has 1 atom stereocenters. The first-order valence-electron chi connectivity index (χ1n) is 7.32. The predicted octanol–water partition coefficient (Wildman–Crippen LogP) is 1.47. The van der Waals surface area contributed by atoms with Crippen molar-refractivity contribution in [2.75, 3.05) is 0 Å². The van der Waals surface area contributed by atoms with Gasteiger partial charge in [0.1, 0.15) is 23.3 Å². The van der Waals surface area contributed by atoms with Crippen LogP contribution in [0.1, 0.15) is 43.2 Å². The Morgan fingerprint density at radius 1 is 1.22 bits per heavy atom. The number of furan rings is 2. The molecule has 120 valence electrons. The largest absolute Gasteiger partial charge is 0.550 e. The Hall–Kier alpha value is -2.83. The highest BCUT2D eigenvalue weighted by atomic mass is 16.4. The molecule has 1 aliphatic rings. The zero-order chi connectivity index (χ0) is 16.2. The van der Waals surface area contributed by atoms with Crippen LogP contribution >= 0.6 is 0 Å². The monoisotopic (exact) mass is 315 g/mol. The molecule has 2 aromatic rings. The van der Waals surface area contributed by atoms with Crippen LogP contribution in [-0.2, 0) is 9.59 Å². The van der Waals surface area contributed by atoms with Crippen molar-refractivity contribution in [2.24, 2.45) is 5.10 Å². The van der Waals surface area contributed by atoms with E-state index in [4.69, 9.17) is 8.83 Å². The van der Waals surface area contributed by atoms with E-state index in [0.717, 1.165) is 0 Å². The first-order valence-corrected chi connectivity index (χ1v) is 7.32. The summed E-state index contributed by atoms with van der Waals surface area (Å²) in [5.41, 5.74) is 0.657. The van der Waals surface area contributed by atoms with Crippen molar-refractivity contribution < 1.29 is 23.5 Å². The zero-order valence-corrected chi connectivity index (χ0v) is 12.3. The lowest BCUT2D eigenvalue weighted by atomic mass is 10.1. The Balaban J connectivity index is 1.77. The molecule has 1 aliphatic heterocycles. The Labute approximate surface area is 132 Å². The molecule has 1 amide bonds. The minimum Gasteiger partial charge on any atom is -0.550 e. The van der Waals surface area contributed by atoms with Crippen LogP contribution in [0.5, 0.6) is 0 Å². The van der Waals surface area contributed by atoms with Crippen LogP contribution in [0.3, 0.4) is 0 Å². The first-order chi connectivity index (χ1) is 11.1. The number of carbonyl (C=O) groups is 2. The van der Waals surface area contributed by atoms with Gasteiger partial charge >= 0.3 is 0 Å². The third-order valence-corrected chi connectivity index (χ3v) is 3.61. The fraction of sp³-hybridized carbons (Fsp3) is 0.312. The molecule has 0 spiro atoms. The molecule has 0 saturated carbocycles. The number of nitrogens with zero attached hydrogens (tertiary/aromatic N) is 2. The molecule has 2 aromatic heterocycles. The van der Waals surface area contributed by atoms with Gasteiger partial charge < -0.3 is 18.7 Å². The second-order valence-corrected chi connectivity index (χ2v) is 5.22. The standard InChI is InChI=1S/C16H16N2O5/c19-15(6-1-7-16(20)21)18-12(14-5-3-9-23-14)10-11(17-18)13-4-2-8-22-13/h2-5,8-9,12H,1,6-7,10H2,(H,20,21)/p-1/t12-/m0/s1. The maximum atomic E-state index is 12.4. The summed E-state index contributed by atoms with van der Waals surface area (Å²) in [5, 5.41) is 16.2. The number of hydrogen-bond donors (Lipinski definition) is 0. The summed E-state index contributed by atoms with van der Waals surface area (Å²) in [7, 11) is 0. The highest BCUT2D eigenvalue weighted by molar-refractivity contribution is 6.01. The molecule has 0 unspecified atom stereocenters. The molecule has 0 saturated heterocycles. The average Bonchev–Trinajstić information content (AvgIpc) is 3.26. The van der Waals surface area contributed by atoms with Gasteiger partial charge in [-0.2, -0.15) is 5.10 Å². The number of carboxylic acids is 1. The lowest BCUT2D eigenvalue weighted by Gasteiger charge is -2.19. The summed E-state index contributed by atoms with van der Waals surface area (Å²) in [6.45, 7) is 0. The molecule has 7 nitrogen and oxygen atoms in total. The van der Waals surface area contributed by atoms with Crippen LogP contribution in [0.25, 0.3) is 0 Å². The molecule has 0 N–H and O–H groups in total. The lowest BCUT2D eigenvalue weighted by molar-refractivity contribution is -0.305. The van der Waals surface area contributed by atoms with Crippen molar-refractivity contribution in [3.8, 4) is 0 Å². The molecule has 0 fully saturated rings. The van der Waals surface area contributed by atoms with Crippen molar-refractivity contribution in [2.45, 2.75) is 31.7 Å². The van der Waals surface area contributed by atoms with E-state index in [9.17, 15) is 14.7 Å². The molecule has 0 aromatic carbocycles. The number of rotatable bonds is 6. The van der Waals surface area contributed by atoms with E-state index < -0.39 is 5.97 Å². The molecule has 23 heavy (non-hydrogen) atoms. The Morgan fingerprint density at radius 2 is 2.00 bits per heavy atom. The normalized spacial score (nSPS) is 17.3. The third-order valence-electron chi connectivity index (χ3n) is 3.61. The molecule has 7 heteroatoms. The Kier molecular flexibility index (Phi) is 4.27. The van der Waals surface area contributed by atoms with E-state index in [1.165, 1.54) is 5.01 Å². The van der Waals surface area contributed by atoms with Crippen LogP contribution in [0.4, 0.5) is 0 Å². The van der Waals surface area contributed by atoms with Gasteiger partial charge in [-0.15, -0.1) is 0 Å². The summed E-state index contributed by atoms with van der Waals surface area (Å²) in [6, 6.07) is 6.72. The summed E-state index contributed by atoms with van der Waals surface area (Å²) >= 11 is 0. The van der Waals surface area contributed by atoms with Gasteiger partial charge in [0.15, 0.2) is 0 Å². The molecule has 0 radical (unpaired) electrons. The number of amides is 1. The van der Waals surface area contributed by atoms with Gasteiger partial charge in [-0.25, -0.2) is 5.01 Å². The van der Waals surface area contributed by atoms with Gasteiger partial charge in [0.2, 0.25) is 5.91 Å². The van der Waals surface area contributed by atoms with Crippen LogP contribution in [0.2, 0.25) is 0 Å². The van der Waals surface area contributed by atoms with Crippen molar-refractivity contribution in [1.29, 1.82) is 0 Å². The maximum Gasteiger partial charge on any atom is 0.243 e. The number of aliphatic carboxylic acids is 1. The van der Waals surface area contributed by atoms with Crippen molar-refractivity contribution >= 4 is 17.6 Å². The van der Waals surface area contributed by atoms with Crippen LogP contribution < -0.4 is 5.11 Å². The molecular formula is C16H15N2O5-. The van der Waals surface area contributed by atoms with Crippen molar-refractivity contribution in [3.05, 3.63) is 48.3 Å². The van der Waals surface area contributed by atoms with Gasteiger partial charge in [-0.3, -0.25) is 4.79 Å². The Bertz CT molecular complexity index is 703. The van der Waals surface area contributed by atoms with Crippen LogP contribution in [0.15, 0.2) is 50.7 Å². The molecule has 3 rings (SSSR count). The van der Waals surface area contributed by atoms with E-state index in [2.05, 4.69) is 5.10 Å². The number of hydrazone groups is 1. The van der Waals surface area contributed by atoms with E-state index in [-0.39, 0.29) is 31.2 Å². The molecular weight excluding hydrogens is 300 g/mol. The quantitative estimate of drug-likeness (QED) is 0.803. The van der Waals surface area contributed by atoms with Crippen LogP contribution in [0, 0.1) is 0 Å². The third kappa shape index (κ3) is 3.33. The smallest absolute Gasteiger partial charge is 0.243 e. The second kappa shape index (κ2) is 6.51. The highest BCUT2D eigenvalue weighted by Crippen LogP contribution is 2.33. The number of carboxylic acid groups (broad SMARTS) is 1. The van der Waals surface area contributed by atoms with Crippen molar-refractivity contribution in [1.82, 2.24) is 5.01 Å². The molecule has 0 aliphatic carbocycles. The zero-order valence-electron chi connectivity index (χ0n) is 12.3. The Morgan fingerprint density at radius 3 is 2.65 bits per heavy atom. The van der Waals surface area contributed by atoms with E-state index in [1.54, 1.807) is 36.8 Å². The fourth-order valence-corrected chi connectivity index (χ4v) is 2.53. The average molecular weight is 315 g/mol. The van der Waals surface area contributed by atoms with Gasteiger partial charge in [0, 0.05) is 18.8 Å². The van der Waals surface area contributed by atoms with Crippen LogP contribution in [-0.4, -0.2) is 22.6 Å². The predicted molar refractivity (Wildman–Crippen MR) is 77.0 cm³/mol. The van der Waals surface area contributed by atoms with Gasteiger partial charge in [0.05, 0.1) is 12.5 Å². The van der Waals surface area contributed by atoms with Gasteiger partial charge in [-0.05, 0) is 37.1 Å². The minimum absolute atomic E-state index is 0.0835. The molecule has 0 bridgehead atoms. The van der Waals surface area contributed by atoms with E-state index >= 15 is 0 Å². The number of carbonyl (C=O) groups excluding carboxylic acids is 2. The first kappa shape index (κ1) is 15.1. The summed E-state index contributed by atoms with van der Waals surface area (Å²) < 4.78 is 10.7. The lowest BCUT2D eigenvalue weighted by Crippen LogP contribution is -2.27. The maximum absolute atomic E-state index is 12.4. The van der Waals surface area contributed by atoms with E-state index in [0.29, 0.717) is 23.7 Å². The topological polar surface area (TPSA) is 99.1 Å². The SMILES string of the molecule is O=C([O-])CCCC(=O)N1N=C(c2ccco2)C[C@H]1c1ccco1.